The zero-order valence-corrected chi connectivity index (χ0v) is 19.5. The van der Waals surface area contributed by atoms with E-state index >= 15 is 0 Å². The van der Waals surface area contributed by atoms with Crippen LogP contribution in [-0.4, -0.2) is 28.0 Å². The van der Waals surface area contributed by atoms with Gasteiger partial charge < -0.3 is 19.8 Å². The van der Waals surface area contributed by atoms with Crippen LogP contribution in [0.15, 0.2) is 53.3 Å². The fraction of sp³-hybridized carbons (Fsp3) is 0.280. The smallest absolute Gasteiger partial charge is 0.254 e. The maximum atomic E-state index is 13.0. The van der Waals surface area contributed by atoms with Crippen LogP contribution in [0.2, 0.25) is 5.02 Å². The van der Waals surface area contributed by atoms with E-state index in [1.165, 1.54) is 0 Å². The summed E-state index contributed by atoms with van der Waals surface area (Å²) in [6.45, 7) is 7.77. The lowest BCUT2D eigenvalue weighted by Crippen LogP contribution is -2.18. The number of benzene rings is 2. The highest BCUT2D eigenvalue weighted by molar-refractivity contribution is 6.30. The van der Waals surface area contributed by atoms with E-state index in [0.29, 0.717) is 41.7 Å². The van der Waals surface area contributed by atoms with Crippen molar-refractivity contribution in [1.82, 2.24) is 14.8 Å². The first-order valence-corrected chi connectivity index (χ1v) is 11.2. The number of nitrogens with one attached hydrogen (secondary N) is 2. The van der Waals surface area contributed by atoms with Gasteiger partial charge in [0.25, 0.3) is 5.56 Å². The van der Waals surface area contributed by atoms with Crippen molar-refractivity contribution in [3.8, 4) is 17.2 Å². The Hall–Kier alpha value is -3.45. The van der Waals surface area contributed by atoms with Crippen molar-refractivity contribution in [1.29, 1.82) is 0 Å². The predicted octanol–water partition coefficient (Wildman–Crippen LogP) is 5.05. The zero-order chi connectivity index (χ0) is 23.2. The standard InChI is InChI=1S/C25H25ClN4O3/c1-25(2,3)22-19-12-15(14-27-17-6-9-20-21(13-17)33-11-10-32-20)24(31)28-23(19)30(29-22)18-7-4-16(26)5-8-18/h4-9,12-13,27H,10-11,14H2,1-3H3,(H,28,31). The van der Waals surface area contributed by atoms with Crippen LogP contribution >= 0.6 is 11.6 Å². The predicted molar refractivity (Wildman–Crippen MR) is 130 cm³/mol. The van der Waals surface area contributed by atoms with Crippen LogP contribution in [0.25, 0.3) is 16.7 Å². The molecule has 5 rings (SSSR count). The second-order valence-electron chi connectivity index (χ2n) is 9.08. The fourth-order valence-electron chi connectivity index (χ4n) is 3.92. The van der Waals surface area contributed by atoms with Crippen molar-refractivity contribution in [3.05, 3.63) is 75.2 Å². The molecule has 170 valence electrons. The number of anilines is 1. The normalized spacial score (nSPS) is 13.3. The summed E-state index contributed by atoms with van der Waals surface area (Å²) in [5.41, 5.74) is 3.50. The first-order valence-electron chi connectivity index (χ1n) is 10.8. The number of halogens is 1. The van der Waals surface area contributed by atoms with Crippen LogP contribution in [0.4, 0.5) is 5.69 Å². The summed E-state index contributed by atoms with van der Waals surface area (Å²) >= 11 is 6.06. The summed E-state index contributed by atoms with van der Waals surface area (Å²) in [4.78, 5) is 16.0. The van der Waals surface area contributed by atoms with Crippen LogP contribution in [-0.2, 0) is 12.0 Å². The molecule has 0 fully saturated rings. The van der Waals surface area contributed by atoms with E-state index in [0.717, 1.165) is 28.2 Å². The van der Waals surface area contributed by atoms with Gasteiger partial charge in [0.2, 0.25) is 0 Å². The minimum Gasteiger partial charge on any atom is -0.486 e. The molecule has 2 aromatic heterocycles. The Morgan fingerprint density at radius 3 is 2.52 bits per heavy atom. The second kappa shape index (κ2) is 8.15. The molecule has 2 N–H and O–H groups in total. The molecule has 0 amide bonds. The number of aromatic amines is 1. The molecule has 33 heavy (non-hydrogen) atoms. The molecular weight excluding hydrogens is 440 g/mol. The maximum Gasteiger partial charge on any atom is 0.254 e. The average Bonchev–Trinajstić information content (AvgIpc) is 3.16. The van der Waals surface area contributed by atoms with Gasteiger partial charge in [-0.1, -0.05) is 32.4 Å². The molecule has 0 bridgehead atoms. The molecule has 0 saturated carbocycles. The lowest BCUT2D eigenvalue weighted by atomic mass is 9.90. The average molecular weight is 465 g/mol. The summed E-state index contributed by atoms with van der Waals surface area (Å²) in [5, 5.41) is 9.74. The summed E-state index contributed by atoms with van der Waals surface area (Å²) in [5.74, 6) is 1.44. The van der Waals surface area contributed by atoms with Crippen molar-refractivity contribution in [2.24, 2.45) is 0 Å². The maximum absolute atomic E-state index is 13.0. The van der Waals surface area contributed by atoms with Gasteiger partial charge in [0, 0.05) is 39.7 Å². The van der Waals surface area contributed by atoms with Crippen LogP contribution in [0, 0.1) is 0 Å². The third-order valence-corrected chi connectivity index (χ3v) is 5.82. The third kappa shape index (κ3) is 4.16. The Balaban J connectivity index is 1.52. The molecule has 8 heteroatoms. The number of nitrogens with zero attached hydrogens (tertiary/aromatic N) is 2. The SMILES string of the molecule is CC(C)(C)c1nn(-c2ccc(Cl)cc2)c2[nH]c(=O)c(CNc3ccc4c(c3)OCCO4)cc12. The molecule has 0 spiro atoms. The largest absolute Gasteiger partial charge is 0.486 e. The Labute approximate surface area is 196 Å². The number of hydrogen-bond donors (Lipinski definition) is 2. The van der Waals surface area contributed by atoms with E-state index in [9.17, 15) is 4.79 Å². The monoisotopic (exact) mass is 464 g/mol. The van der Waals surface area contributed by atoms with Gasteiger partial charge in [-0.2, -0.15) is 5.10 Å². The van der Waals surface area contributed by atoms with Gasteiger partial charge in [-0.3, -0.25) is 4.79 Å². The lowest BCUT2D eigenvalue weighted by Gasteiger charge is -2.19. The first-order chi connectivity index (χ1) is 15.8. The van der Waals surface area contributed by atoms with Gasteiger partial charge in [-0.15, -0.1) is 0 Å². The lowest BCUT2D eigenvalue weighted by molar-refractivity contribution is 0.171. The minimum absolute atomic E-state index is 0.164. The zero-order valence-electron chi connectivity index (χ0n) is 18.7. The molecule has 3 heterocycles. The number of ether oxygens (including phenoxy) is 2. The van der Waals surface area contributed by atoms with E-state index in [2.05, 4.69) is 31.1 Å². The van der Waals surface area contributed by atoms with Gasteiger partial charge in [0.15, 0.2) is 11.5 Å². The van der Waals surface area contributed by atoms with Gasteiger partial charge in [0.1, 0.15) is 18.9 Å². The number of rotatable bonds is 4. The van der Waals surface area contributed by atoms with E-state index in [-0.39, 0.29) is 11.0 Å². The molecule has 0 aliphatic carbocycles. The molecule has 2 aromatic carbocycles. The molecular formula is C25H25ClN4O3. The molecule has 4 aromatic rings. The van der Waals surface area contributed by atoms with Crippen molar-refractivity contribution >= 4 is 28.3 Å². The van der Waals surface area contributed by atoms with E-state index in [1.54, 1.807) is 4.68 Å². The highest BCUT2D eigenvalue weighted by atomic mass is 35.5. The van der Waals surface area contributed by atoms with Gasteiger partial charge in [-0.05, 0) is 42.5 Å². The van der Waals surface area contributed by atoms with Crippen LogP contribution in [0.5, 0.6) is 11.5 Å². The second-order valence-corrected chi connectivity index (χ2v) is 9.52. The molecule has 7 nitrogen and oxygen atoms in total. The Bertz CT molecular complexity index is 1380. The van der Waals surface area contributed by atoms with Crippen LogP contribution in [0.3, 0.4) is 0 Å². The highest BCUT2D eigenvalue weighted by Gasteiger charge is 2.24. The minimum atomic E-state index is -0.214. The summed E-state index contributed by atoms with van der Waals surface area (Å²) in [6.07, 6.45) is 0. The Morgan fingerprint density at radius 1 is 1.06 bits per heavy atom. The summed E-state index contributed by atoms with van der Waals surface area (Å²) in [7, 11) is 0. The van der Waals surface area contributed by atoms with E-state index in [1.807, 2.05) is 48.5 Å². The molecule has 0 unspecified atom stereocenters. The van der Waals surface area contributed by atoms with Gasteiger partial charge in [-0.25, -0.2) is 4.68 Å². The molecule has 0 radical (unpaired) electrons. The molecule has 0 saturated heterocycles. The molecule has 0 atom stereocenters. The number of H-pyrrole nitrogens is 1. The van der Waals surface area contributed by atoms with Crippen molar-refractivity contribution in [2.45, 2.75) is 32.7 Å². The van der Waals surface area contributed by atoms with Crippen LogP contribution < -0.4 is 20.3 Å². The van der Waals surface area contributed by atoms with Gasteiger partial charge >= 0.3 is 0 Å². The quantitative estimate of drug-likeness (QED) is 0.442. The highest BCUT2D eigenvalue weighted by Crippen LogP contribution is 2.33. The summed E-state index contributed by atoms with van der Waals surface area (Å²) < 4.78 is 13.0. The van der Waals surface area contributed by atoms with Crippen LogP contribution in [0.1, 0.15) is 32.0 Å². The number of hydrogen-bond acceptors (Lipinski definition) is 5. The number of fused-ring (bicyclic) bond motifs is 2. The fourth-order valence-corrected chi connectivity index (χ4v) is 4.05. The van der Waals surface area contributed by atoms with E-state index in [4.69, 9.17) is 26.2 Å². The third-order valence-electron chi connectivity index (χ3n) is 5.57. The summed E-state index contributed by atoms with van der Waals surface area (Å²) in [6, 6.07) is 15.0. The van der Waals surface area contributed by atoms with Crippen molar-refractivity contribution < 1.29 is 9.47 Å². The first kappa shape index (κ1) is 21.4. The van der Waals surface area contributed by atoms with E-state index < -0.39 is 0 Å². The number of aromatic nitrogens is 3. The Kier molecular flexibility index (Phi) is 5.29. The number of pyridine rings is 1. The Morgan fingerprint density at radius 2 is 1.79 bits per heavy atom. The molecule has 1 aliphatic heterocycles. The van der Waals surface area contributed by atoms with Crippen molar-refractivity contribution in [3.63, 3.8) is 0 Å². The topological polar surface area (TPSA) is 81.2 Å². The molecule has 1 aliphatic rings. The van der Waals surface area contributed by atoms with Gasteiger partial charge in [0.05, 0.1) is 11.4 Å². The van der Waals surface area contributed by atoms with Crippen molar-refractivity contribution in [2.75, 3.05) is 18.5 Å².